The number of rotatable bonds is 11. The zero-order valence-electron chi connectivity index (χ0n) is 11.2. The summed E-state index contributed by atoms with van der Waals surface area (Å²) in [4.78, 5) is 21.4. The molecule has 0 saturated heterocycles. The molecule has 8 N–H and O–H groups in total. The third kappa shape index (κ3) is 6.80. The summed E-state index contributed by atoms with van der Waals surface area (Å²) in [5, 5.41) is 66.0. The summed E-state index contributed by atoms with van der Waals surface area (Å²) < 4.78 is 0. The predicted molar refractivity (Wildman–Crippen MR) is 67.4 cm³/mol. The van der Waals surface area contributed by atoms with Crippen molar-refractivity contribution in [2.45, 2.75) is 43.2 Å². The van der Waals surface area contributed by atoms with Crippen LogP contribution in [0.2, 0.25) is 0 Å². The van der Waals surface area contributed by atoms with Crippen molar-refractivity contribution in [3.05, 3.63) is 0 Å². The molecule has 0 heterocycles. The molecule has 0 saturated carbocycles. The minimum Gasteiger partial charge on any atom is -0.481 e. The molecule has 0 aliphatic carbocycles. The number of aliphatic carboxylic acids is 2. The predicted octanol–water partition coefficient (Wildman–Crippen LogP) is -3.67. The van der Waals surface area contributed by atoms with Gasteiger partial charge in [0.2, 0.25) is 0 Å². The standard InChI is InChI=1S/C11H21NO9/c13-3-6(9(18)10(19)7(15)4-14)12-5(11(20)21)1-2-8(16)17/h5-7,9-10,12-15,18-19H,1-4H2,(H,16,17)(H,20,21)/t5-,6?,7?,9?,10?/m0/s1. The minimum absolute atomic E-state index is 0.299. The van der Waals surface area contributed by atoms with Gasteiger partial charge in [0.15, 0.2) is 0 Å². The first-order valence-electron chi connectivity index (χ1n) is 6.21. The molecule has 5 atom stereocenters. The average Bonchev–Trinajstić information content (AvgIpc) is 2.44. The molecule has 0 aromatic heterocycles. The van der Waals surface area contributed by atoms with Crippen LogP contribution in [0.5, 0.6) is 0 Å². The lowest BCUT2D eigenvalue weighted by molar-refractivity contribution is -0.142. The second-order valence-electron chi connectivity index (χ2n) is 4.51. The van der Waals surface area contributed by atoms with Crippen molar-refractivity contribution in [1.82, 2.24) is 5.32 Å². The van der Waals surface area contributed by atoms with Crippen molar-refractivity contribution >= 4 is 11.9 Å². The lowest BCUT2D eigenvalue weighted by Gasteiger charge is -2.30. The van der Waals surface area contributed by atoms with Gasteiger partial charge in [-0.15, -0.1) is 0 Å². The Hall–Kier alpha value is -1.30. The van der Waals surface area contributed by atoms with Gasteiger partial charge in [0.1, 0.15) is 24.4 Å². The van der Waals surface area contributed by atoms with Crippen LogP contribution in [0.25, 0.3) is 0 Å². The molecule has 0 radical (unpaired) electrons. The summed E-state index contributed by atoms with van der Waals surface area (Å²) in [7, 11) is 0. The van der Waals surface area contributed by atoms with Crippen molar-refractivity contribution in [2.75, 3.05) is 13.2 Å². The lowest BCUT2D eigenvalue weighted by Crippen LogP contribution is -2.56. The molecular weight excluding hydrogens is 290 g/mol. The molecule has 0 rings (SSSR count). The SMILES string of the molecule is O=C(O)CC[C@H](NC(CO)C(O)C(O)C(O)CO)C(=O)O. The summed E-state index contributed by atoms with van der Waals surface area (Å²) in [6.45, 7) is -1.61. The first-order chi connectivity index (χ1) is 9.74. The van der Waals surface area contributed by atoms with Crippen LogP contribution in [0, 0.1) is 0 Å². The van der Waals surface area contributed by atoms with Crippen LogP contribution in [0.4, 0.5) is 0 Å². The first kappa shape index (κ1) is 19.7. The van der Waals surface area contributed by atoms with E-state index >= 15 is 0 Å². The van der Waals surface area contributed by atoms with Crippen molar-refractivity contribution in [3.8, 4) is 0 Å². The van der Waals surface area contributed by atoms with E-state index in [2.05, 4.69) is 5.32 Å². The number of nitrogens with one attached hydrogen (secondary N) is 1. The van der Waals surface area contributed by atoms with Crippen LogP contribution in [0.3, 0.4) is 0 Å². The van der Waals surface area contributed by atoms with E-state index in [0.29, 0.717) is 0 Å². The Morgan fingerprint density at radius 2 is 1.52 bits per heavy atom. The molecule has 124 valence electrons. The number of aliphatic hydroxyl groups is 5. The van der Waals surface area contributed by atoms with E-state index in [-0.39, 0.29) is 6.42 Å². The molecule has 10 nitrogen and oxygen atoms in total. The molecule has 10 heteroatoms. The fourth-order valence-corrected chi connectivity index (χ4v) is 1.64. The van der Waals surface area contributed by atoms with Crippen molar-refractivity contribution in [1.29, 1.82) is 0 Å². The maximum Gasteiger partial charge on any atom is 0.320 e. The normalized spacial score (nSPS) is 18.5. The van der Waals surface area contributed by atoms with Crippen LogP contribution in [0.15, 0.2) is 0 Å². The summed E-state index contributed by atoms with van der Waals surface area (Å²) in [5.41, 5.74) is 0. The van der Waals surface area contributed by atoms with Gasteiger partial charge >= 0.3 is 11.9 Å². The second-order valence-corrected chi connectivity index (χ2v) is 4.51. The van der Waals surface area contributed by atoms with Crippen LogP contribution in [0.1, 0.15) is 12.8 Å². The van der Waals surface area contributed by atoms with E-state index in [1.807, 2.05) is 0 Å². The third-order valence-electron chi connectivity index (χ3n) is 2.90. The molecule has 0 aromatic rings. The maximum absolute atomic E-state index is 11.0. The second kappa shape index (κ2) is 9.60. The number of hydrogen-bond donors (Lipinski definition) is 8. The van der Waals surface area contributed by atoms with Crippen molar-refractivity contribution in [3.63, 3.8) is 0 Å². The van der Waals surface area contributed by atoms with E-state index in [9.17, 15) is 24.9 Å². The van der Waals surface area contributed by atoms with E-state index < -0.39 is 62.0 Å². The average molecular weight is 311 g/mol. The van der Waals surface area contributed by atoms with Crippen LogP contribution < -0.4 is 5.32 Å². The fourth-order valence-electron chi connectivity index (χ4n) is 1.64. The van der Waals surface area contributed by atoms with Gasteiger partial charge in [0.05, 0.1) is 19.3 Å². The molecule has 4 unspecified atom stereocenters. The topological polar surface area (TPSA) is 188 Å². The number of aliphatic hydroxyl groups excluding tert-OH is 5. The molecule has 0 aromatic carbocycles. The van der Waals surface area contributed by atoms with Gasteiger partial charge in [-0.2, -0.15) is 0 Å². The van der Waals surface area contributed by atoms with Gasteiger partial charge in [-0.1, -0.05) is 0 Å². The quantitative estimate of drug-likeness (QED) is 0.189. The Kier molecular flexibility index (Phi) is 9.01. The molecule has 0 aliphatic heterocycles. The highest BCUT2D eigenvalue weighted by molar-refractivity contribution is 5.75. The van der Waals surface area contributed by atoms with Crippen LogP contribution in [-0.4, -0.2) is 91.3 Å². The Morgan fingerprint density at radius 1 is 0.952 bits per heavy atom. The van der Waals surface area contributed by atoms with E-state index in [1.165, 1.54) is 0 Å². The van der Waals surface area contributed by atoms with E-state index in [1.54, 1.807) is 0 Å². The number of carboxylic acids is 2. The monoisotopic (exact) mass is 311 g/mol. The van der Waals surface area contributed by atoms with Crippen LogP contribution in [-0.2, 0) is 9.59 Å². The Morgan fingerprint density at radius 3 is 1.90 bits per heavy atom. The highest BCUT2D eigenvalue weighted by Crippen LogP contribution is 2.08. The van der Waals surface area contributed by atoms with Crippen molar-refractivity contribution < 1.29 is 45.3 Å². The summed E-state index contributed by atoms with van der Waals surface area (Å²) in [6.07, 6.45) is -5.98. The highest BCUT2D eigenvalue weighted by Gasteiger charge is 2.33. The van der Waals surface area contributed by atoms with Crippen molar-refractivity contribution in [2.24, 2.45) is 0 Å². The van der Waals surface area contributed by atoms with Crippen LogP contribution >= 0.6 is 0 Å². The van der Waals surface area contributed by atoms with Gasteiger partial charge in [0, 0.05) is 6.42 Å². The first-order valence-corrected chi connectivity index (χ1v) is 6.21. The third-order valence-corrected chi connectivity index (χ3v) is 2.90. The molecule has 0 amide bonds. The minimum atomic E-state index is -1.81. The fraction of sp³-hybridized carbons (Fsp3) is 0.818. The Balaban J connectivity index is 4.75. The smallest absolute Gasteiger partial charge is 0.320 e. The molecule has 0 aliphatic rings. The van der Waals surface area contributed by atoms with Gasteiger partial charge in [-0.05, 0) is 6.42 Å². The molecule has 0 spiro atoms. The lowest BCUT2D eigenvalue weighted by atomic mass is 10.00. The molecule has 0 bridgehead atoms. The number of carboxylic acid groups (broad SMARTS) is 2. The Bertz CT molecular complexity index is 338. The van der Waals surface area contributed by atoms with Gasteiger partial charge < -0.3 is 35.7 Å². The maximum atomic E-state index is 11.0. The highest BCUT2D eigenvalue weighted by atomic mass is 16.4. The zero-order chi connectivity index (χ0) is 16.6. The van der Waals surface area contributed by atoms with E-state index in [0.717, 1.165) is 0 Å². The summed E-state index contributed by atoms with van der Waals surface area (Å²) >= 11 is 0. The Labute approximate surface area is 120 Å². The van der Waals surface area contributed by atoms with Gasteiger partial charge in [-0.25, -0.2) is 0 Å². The largest absolute Gasteiger partial charge is 0.481 e. The molecule has 0 fully saturated rings. The number of carbonyl (C=O) groups is 2. The zero-order valence-corrected chi connectivity index (χ0v) is 11.2. The summed E-state index contributed by atoms with van der Waals surface area (Å²) in [5.74, 6) is -2.60. The van der Waals surface area contributed by atoms with E-state index in [4.69, 9.17) is 20.4 Å². The molecular formula is C11H21NO9. The van der Waals surface area contributed by atoms with Gasteiger partial charge in [-0.3, -0.25) is 14.9 Å². The molecule has 21 heavy (non-hydrogen) atoms. The summed E-state index contributed by atoms with van der Waals surface area (Å²) in [6, 6.07) is -2.69. The van der Waals surface area contributed by atoms with Gasteiger partial charge in [0.25, 0.3) is 0 Å². The number of hydrogen-bond acceptors (Lipinski definition) is 8.